The summed E-state index contributed by atoms with van der Waals surface area (Å²) >= 11 is 0. The van der Waals surface area contributed by atoms with E-state index < -0.39 is 5.82 Å². The fourth-order valence-corrected chi connectivity index (χ4v) is 3.88. The van der Waals surface area contributed by atoms with E-state index in [9.17, 15) is 9.18 Å². The molecule has 1 amide bonds. The number of ether oxygens (including phenoxy) is 1. The number of likely N-dealkylation sites (tertiary alicyclic amines) is 1. The minimum Gasteiger partial charge on any atom is -0.493 e. The Morgan fingerprint density at radius 1 is 1.21 bits per heavy atom. The van der Waals surface area contributed by atoms with E-state index in [1.54, 1.807) is 17.2 Å². The molecule has 0 bridgehead atoms. The number of nitrogens with zero attached hydrogens (tertiary/aromatic N) is 3. The molecular formula is C22H23FN4O2. The van der Waals surface area contributed by atoms with Crippen LogP contribution in [-0.4, -0.2) is 46.5 Å². The Balaban J connectivity index is 1.55. The molecule has 6 nitrogen and oxygen atoms in total. The average molecular weight is 394 g/mol. The monoisotopic (exact) mass is 394 g/mol. The van der Waals surface area contributed by atoms with Gasteiger partial charge in [-0.15, -0.1) is 0 Å². The lowest BCUT2D eigenvalue weighted by molar-refractivity contribution is 0.0612. The van der Waals surface area contributed by atoms with Crippen LogP contribution in [0.2, 0.25) is 0 Å². The number of hydrogen-bond acceptors (Lipinski definition) is 5. The van der Waals surface area contributed by atoms with Crippen molar-refractivity contribution in [1.29, 1.82) is 0 Å². The van der Waals surface area contributed by atoms with Gasteiger partial charge in [0, 0.05) is 18.6 Å². The van der Waals surface area contributed by atoms with Crippen molar-refractivity contribution in [3.05, 3.63) is 60.0 Å². The first-order valence-corrected chi connectivity index (χ1v) is 9.70. The van der Waals surface area contributed by atoms with Crippen LogP contribution in [0.1, 0.15) is 30.1 Å². The first-order chi connectivity index (χ1) is 14.1. The zero-order chi connectivity index (χ0) is 20.4. The minimum absolute atomic E-state index is 0.0137. The molecule has 1 fully saturated rings. The topological polar surface area (TPSA) is 67.3 Å². The molecule has 0 aliphatic carbocycles. The molecule has 4 rings (SSSR count). The number of carbonyl (C=O) groups excluding carboxylic acids is 1. The molecule has 1 aliphatic heterocycles. The summed E-state index contributed by atoms with van der Waals surface area (Å²) in [6.45, 7) is 2.61. The number of hydrogen-bond donors (Lipinski definition) is 1. The molecule has 2 aromatic carbocycles. The maximum Gasteiger partial charge on any atom is 0.258 e. The van der Waals surface area contributed by atoms with Crippen LogP contribution >= 0.6 is 0 Å². The van der Waals surface area contributed by atoms with Gasteiger partial charge in [-0.1, -0.05) is 18.2 Å². The number of aromatic nitrogens is 2. The number of fused-ring (bicyclic) bond motifs is 1. The predicted octanol–water partition coefficient (Wildman–Crippen LogP) is 3.88. The number of para-hydroxylation sites is 3. The molecule has 0 spiro atoms. The third-order valence-corrected chi connectivity index (χ3v) is 5.43. The second-order valence-electron chi connectivity index (χ2n) is 7.20. The van der Waals surface area contributed by atoms with Gasteiger partial charge in [-0.25, -0.2) is 9.37 Å². The molecule has 150 valence electrons. The normalized spacial score (nSPS) is 19.2. The molecular weight excluding hydrogens is 371 g/mol. The van der Waals surface area contributed by atoms with Gasteiger partial charge in [0.05, 0.1) is 29.9 Å². The predicted molar refractivity (Wildman–Crippen MR) is 110 cm³/mol. The summed E-state index contributed by atoms with van der Waals surface area (Å²) in [4.78, 5) is 24.0. The molecule has 7 heteroatoms. The number of benzene rings is 2. The second-order valence-corrected chi connectivity index (χ2v) is 7.20. The summed E-state index contributed by atoms with van der Waals surface area (Å²) in [6, 6.07) is 12.0. The summed E-state index contributed by atoms with van der Waals surface area (Å²) in [5.74, 6) is -0.104. The largest absolute Gasteiger partial charge is 0.493 e. The maximum absolute atomic E-state index is 14.0. The van der Waals surface area contributed by atoms with E-state index >= 15 is 0 Å². The lowest BCUT2D eigenvalue weighted by Gasteiger charge is -2.40. The van der Waals surface area contributed by atoms with E-state index in [2.05, 4.69) is 15.3 Å². The minimum atomic E-state index is -0.538. The van der Waals surface area contributed by atoms with E-state index in [1.807, 2.05) is 31.2 Å². The quantitative estimate of drug-likeness (QED) is 0.727. The number of amides is 1. The Kier molecular flexibility index (Phi) is 5.29. The van der Waals surface area contributed by atoms with Crippen molar-refractivity contribution >= 4 is 22.8 Å². The van der Waals surface area contributed by atoms with Gasteiger partial charge in [0.2, 0.25) is 0 Å². The number of carbonyl (C=O) groups is 1. The Morgan fingerprint density at radius 3 is 2.79 bits per heavy atom. The van der Waals surface area contributed by atoms with Crippen molar-refractivity contribution in [3.8, 4) is 5.75 Å². The van der Waals surface area contributed by atoms with E-state index in [0.717, 1.165) is 23.9 Å². The Labute approximate surface area is 168 Å². The summed E-state index contributed by atoms with van der Waals surface area (Å²) in [7, 11) is 1.37. The fraction of sp³-hybridized carbons (Fsp3) is 0.318. The van der Waals surface area contributed by atoms with Crippen LogP contribution < -0.4 is 10.1 Å². The fourth-order valence-electron chi connectivity index (χ4n) is 3.88. The van der Waals surface area contributed by atoms with Gasteiger partial charge in [0.15, 0.2) is 11.6 Å². The SMILES string of the molecule is COc1c(F)cccc1C(=O)N1CCC[C@@H](Nc2cnc3ccccc3n2)[C@@H]1C. The highest BCUT2D eigenvalue weighted by Crippen LogP contribution is 2.28. The van der Waals surface area contributed by atoms with Gasteiger partial charge in [-0.05, 0) is 44.0 Å². The molecule has 1 aromatic heterocycles. The van der Waals surface area contributed by atoms with Gasteiger partial charge >= 0.3 is 0 Å². The molecule has 29 heavy (non-hydrogen) atoms. The summed E-state index contributed by atoms with van der Waals surface area (Å²) in [5, 5.41) is 3.43. The van der Waals surface area contributed by atoms with Gasteiger partial charge in [-0.3, -0.25) is 9.78 Å². The Hall–Kier alpha value is -3.22. The van der Waals surface area contributed by atoms with Crippen LogP contribution in [0.5, 0.6) is 5.75 Å². The van der Waals surface area contributed by atoms with Crippen molar-refractivity contribution in [2.24, 2.45) is 0 Å². The van der Waals surface area contributed by atoms with E-state index in [0.29, 0.717) is 12.4 Å². The van der Waals surface area contributed by atoms with E-state index in [4.69, 9.17) is 4.74 Å². The third kappa shape index (κ3) is 3.72. The molecule has 0 saturated carbocycles. The molecule has 2 heterocycles. The highest BCUT2D eigenvalue weighted by atomic mass is 19.1. The smallest absolute Gasteiger partial charge is 0.258 e. The van der Waals surface area contributed by atoms with Crippen LogP contribution in [0.4, 0.5) is 10.2 Å². The van der Waals surface area contributed by atoms with Crippen molar-refractivity contribution in [1.82, 2.24) is 14.9 Å². The molecule has 0 radical (unpaired) electrons. The van der Waals surface area contributed by atoms with Crippen LogP contribution in [0, 0.1) is 5.82 Å². The molecule has 1 saturated heterocycles. The first kappa shape index (κ1) is 19.1. The molecule has 3 aromatic rings. The summed E-state index contributed by atoms with van der Waals surface area (Å²) in [6.07, 6.45) is 3.46. The van der Waals surface area contributed by atoms with E-state index in [1.165, 1.54) is 19.2 Å². The van der Waals surface area contributed by atoms with Gasteiger partial charge in [0.1, 0.15) is 5.82 Å². The van der Waals surface area contributed by atoms with Crippen molar-refractivity contribution in [2.75, 3.05) is 19.0 Å². The zero-order valence-corrected chi connectivity index (χ0v) is 16.4. The van der Waals surface area contributed by atoms with Crippen molar-refractivity contribution in [2.45, 2.75) is 31.8 Å². The number of halogens is 1. The lowest BCUT2D eigenvalue weighted by atomic mass is 9.96. The molecule has 1 aliphatic rings. The molecule has 0 unspecified atom stereocenters. The molecule has 2 atom stereocenters. The lowest BCUT2D eigenvalue weighted by Crippen LogP contribution is -2.52. The highest BCUT2D eigenvalue weighted by molar-refractivity contribution is 5.97. The van der Waals surface area contributed by atoms with Gasteiger partial charge in [0.25, 0.3) is 5.91 Å². The Bertz CT molecular complexity index is 1040. The van der Waals surface area contributed by atoms with Gasteiger partial charge in [-0.2, -0.15) is 0 Å². The van der Waals surface area contributed by atoms with Crippen LogP contribution in [0.15, 0.2) is 48.7 Å². The third-order valence-electron chi connectivity index (χ3n) is 5.43. The number of methoxy groups -OCH3 is 1. The second kappa shape index (κ2) is 8.03. The zero-order valence-electron chi connectivity index (χ0n) is 16.4. The van der Waals surface area contributed by atoms with Gasteiger partial charge < -0.3 is 15.0 Å². The summed E-state index contributed by atoms with van der Waals surface area (Å²) in [5.41, 5.74) is 1.90. The Morgan fingerprint density at radius 2 is 2.00 bits per heavy atom. The van der Waals surface area contributed by atoms with E-state index in [-0.39, 0.29) is 29.3 Å². The van der Waals surface area contributed by atoms with Crippen molar-refractivity contribution < 1.29 is 13.9 Å². The average Bonchev–Trinajstić information content (AvgIpc) is 2.74. The van der Waals surface area contributed by atoms with Crippen LogP contribution in [0.3, 0.4) is 0 Å². The standard InChI is InChI=1S/C22H23FN4O2/c1-14-17(25-20-13-24-18-9-3-4-10-19(18)26-20)11-6-12-27(14)22(28)15-7-5-8-16(23)21(15)29-2/h3-5,7-10,13-14,17H,6,11-12H2,1-2H3,(H,25,26)/t14-,17+/m0/s1. The summed E-state index contributed by atoms with van der Waals surface area (Å²) < 4.78 is 19.2. The molecule has 1 N–H and O–H groups in total. The number of piperidine rings is 1. The number of anilines is 1. The number of nitrogens with one attached hydrogen (secondary N) is 1. The number of rotatable bonds is 4. The van der Waals surface area contributed by atoms with Crippen LogP contribution in [0.25, 0.3) is 11.0 Å². The first-order valence-electron chi connectivity index (χ1n) is 9.70. The van der Waals surface area contributed by atoms with Crippen molar-refractivity contribution in [3.63, 3.8) is 0 Å². The maximum atomic E-state index is 14.0. The highest BCUT2D eigenvalue weighted by Gasteiger charge is 2.33. The van der Waals surface area contributed by atoms with Crippen LogP contribution in [-0.2, 0) is 0 Å².